The van der Waals surface area contributed by atoms with E-state index in [-0.39, 0.29) is 12.2 Å². The zero-order valence-corrected chi connectivity index (χ0v) is 13.0. The molecule has 0 spiro atoms. The van der Waals surface area contributed by atoms with Gasteiger partial charge in [0.25, 0.3) is 5.56 Å². The largest absolute Gasteiger partial charge is 0.361 e. The standard InChI is InChI=1S/C16H15N5O4/c22-13-12(8-19-16(25)21-13)20-15(24)14(23)17-6-5-9-7-18-11-4-2-1-3-10(9)11/h1-4,7-8,18H,5-6H2,(H,17,23)(H,20,24)(H2,19,21,22,25). The summed E-state index contributed by atoms with van der Waals surface area (Å²) in [5.41, 5.74) is 0.318. The van der Waals surface area contributed by atoms with Gasteiger partial charge >= 0.3 is 17.5 Å². The predicted octanol–water partition coefficient (Wildman–Crippen LogP) is -0.158. The highest BCUT2D eigenvalue weighted by atomic mass is 16.2. The van der Waals surface area contributed by atoms with Gasteiger partial charge in [-0.3, -0.25) is 19.4 Å². The van der Waals surface area contributed by atoms with Crippen molar-refractivity contribution in [2.24, 2.45) is 0 Å². The number of nitrogens with one attached hydrogen (secondary N) is 5. The molecule has 0 atom stereocenters. The maximum Gasteiger partial charge on any atom is 0.325 e. The minimum absolute atomic E-state index is 0.212. The zero-order chi connectivity index (χ0) is 17.8. The van der Waals surface area contributed by atoms with Crippen molar-refractivity contribution in [1.29, 1.82) is 0 Å². The Bertz CT molecular complexity index is 1050. The summed E-state index contributed by atoms with van der Waals surface area (Å²) in [6.07, 6.45) is 3.43. The molecule has 0 radical (unpaired) electrons. The summed E-state index contributed by atoms with van der Waals surface area (Å²) in [4.78, 5) is 53.2. The van der Waals surface area contributed by atoms with Crippen molar-refractivity contribution >= 4 is 28.4 Å². The molecule has 0 saturated carbocycles. The number of benzene rings is 1. The molecule has 0 saturated heterocycles. The molecular weight excluding hydrogens is 326 g/mol. The van der Waals surface area contributed by atoms with Crippen molar-refractivity contribution < 1.29 is 9.59 Å². The molecule has 128 valence electrons. The van der Waals surface area contributed by atoms with Gasteiger partial charge < -0.3 is 20.6 Å². The van der Waals surface area contributed by atoms with E-state index in [4.69, 9.17) is 0 Å². The fraction of sp³-hybridized carbons (Fsp3) is 0.125. The van der Waals surface area contributed by atoms with Crippen LogP contribution in [-0.2, 0) is 16.0 Å². The van der Waals surface area contributed by atoms with Crippen molar-refractivity contribution in [3.63, 3.8) is 0 Å². The van der Waals surface area contributed by atoms with Gasteiger partial charge in [0.05, 0.1) is 0 Å². The summed E-state index contributed by atoms with van der Waals surface area (Å²) in [7, 11) is 0. The number of anilines is 1. The van der Waals surface area contributed by atoms with Gasteiger partial charge in [-0.15, -0.1) is 0 Å². The number of amides is 2. The topological polar surface area (TPSA) is 140 Å². The van der Waals surface area contributed by atoms with Crippen LogP contribution in [0.15, 0.2) is 46.2 Å². The van der Waals surface area contributed by atoms with Gasteiger partial charge in [0.15, 0.2) is 0 Å². The number of H-pyrrole nitrogens is 3. The van der Waals surface area contributed by atoms with E-state index in [0.717, 1.165) is 22.7 Å². The lowest BCUT2D eigenvalue weighted by Crippen LogP contribution is -2.38. The summed E-state index contributed by atoms with van der Waals surface area (Å²) in [6.45, 7) is 0.260. The number of fused-ring (bicyclic) bond motifs is 1. The fourth-order valence-corrected chi connectivity index (χ4v) is 2.41. The minimum Gasteiger partial charge on any atom is -0.361 e. The number of rotatable bonds is 4. The van der Waals surface area contributed by atoms with Gasteiger partial charge in [-0.1, -0.05) is 18.2 Å². The molecule has 0 aliphatic heterocycles. The molecule has 1 aromatic carbocycles. The molecule has 3 aromatic rings. The van der Waals surface area contributed by atoms with Gasteiger partial charge in [-0.05, 0) is 18.1 Å². The number of hydrogen-bond acceptors (Lipinski definition) is 4. The number of carbonyl (C=O) groups excluding carboxylic acids is 2. The second kappa shape index (κ2) is 6.87. The first-order valence-corrected chi connectivity index (χ1v) is 7.51. The van der Waals surface area contributed by atoms with Crippen LogP contribution in [0.4, 0.5) is 5.69 Å². The molecule has 9 heteroatoms. The number of hydrogen-bond donors (Lipinski definition) is 5. The first-order chi connectivity index (χ1) is 12.0. The molecule has 0 aliphatic rings. The van der Waals surface area contributed by atoms with E-state index >= 15 is 0 Å². The highest BCUT2D eigenvalue weighted by Gasteiger charge is 2.15. The molecule has 2 aromatic heterocycles. The van der Waals surface area contributed by atoms with Crippen LogP contribution >= 0.6 is 0 Å². The van der Waals surface area contributed by atoms with Crippen LogP contribution in [0.5, 0.6) is 0 Å². The van der Waals surface area contributed by atoms with Crippen LogP contribution < -0.4 is 21.9 Å². The second-order valence-electron chi connectivity index (χ2n) is 5.31. The van der Waals surface area contributed by atoms with Crippen LogP contribution in [0.1, 0.15) is 5.56 Å². The van der Waals surface area contributed by atoms with Crippen LogP contribution in [0.25, 0.3) is 10.9 Å². The monoisotopic (exact) mass is 341 g/mol. The summed E-state index contributed by atoms with van der Waals surface area (Å²) < 4.78 is 0. The summed E-state index contributed by atoms with van der Waals surface area (Å²) in [5.74, 6) is -1.86. The number of aromatic nitrogens is 3. The molecule has 2 heterocycles. The number of aromatic amines is 3. The maximum absolute atomic E-state index is 11.8. The molecule has 5 N–H and O–H groups in total. The number of carbonyl (C=O) groups is 2. The van der Waals surface area contributed by atoms with E-state index in [2.05, 4.69) is 20.6 Å². The molecule has 0 fully saturated rings. The smallest absolute Gasteiger partial charge is 0.325 e. The van der Waals surface area contributed by atoms with Gasteiger partial charge in [0.1, 0.15) is 5.69 Å². The van der Waals surface area contributed by atoms with Gasteiger partial charge in [0.2, 0.25) is 0 Å². The molecule has 0 aliphatic carbocycles. The Hall–Kier alpha value is -3.62. The van der Waals surface area contributed by atoms with E-state index in [0.29, 0.717) is 6.42 Å². The lowest BCUT2D eigenvalue weighted by Gasteiger charge is -2.05. The van der Waals surface area contributed by atoms with Crippen molar-refractivity contribution in [1.82, 2.24) is 20.3 Å². The third kappa shape index (κ3) is 3.66. The van der Waals surface area contributed by atoms with Crippen LogP contribution in [0, 0.1) is 0 Å². The molecule has 25 heavy (non-hydrogen) atoms. The third-order valence-corrected chi connectivity index (χ3v) is 3.63. The van der Waals surface area contributed by atoms with E-state index in [1.165, 1.54) is 0 Å². The van der Waals surface area contributed by atoms with E-state index in [9.17, 15) is 19.2 Å². The molecule has 0 bridgehead atoms. The quantitative estimate of drug-likeness (QED) is 0.421. The normalized spacial score (nSPS) is 10.6. The molecule has 3 rings (SSSR count). The highest BCUT2D eigenvalue weighted by molar-refractivity contribution is 6.39. The Kier molecular flexibility index (Phi) is 4.46. The van der Waals surface area contributed by atoms with E-state index < -0.39 is 23.1 Å². The SMILES string of the molecule is O=C(NCCc1c[nH]c2ccccc12)C(=O)Nc1c[nH]c(=O)[nH]c1=O. The lowest BCUT2D eigenvalue weighted by atomic mass is 10.1. The fourth-order valence-electron chi connectivity index (χ4n) is 2.41. The summed E-state index contributed by atoms with van der Waals surface area (Å²) in [6, 6.07) is 7.77. The van der Waals surface area contributed by atoms with E-state index in [1.54, 1.807) is 0 Å². The Morgan fingerprint density at radius 2 is 1.80 bits per heavy atom. The summed E-state index contributed by atoms with van der Waals surface area (Å²) in [5, 5.41) is 5.68. The first-order valence-electron chi connectivity index (χ1n) is 7.51. The minimum atomic E-state index is -0.989. The Morgan fingerprint density at radius 3 is 2.60 bits per heavy atom. The average Bonchev–Trinajstić information content (AvgIpc) is 3.00. The van der Waals surface area contributed by atoms with Gasteiger partial charge in [0, 0.05) is 29.8 Å². The predicted molar refractivity (Wildman–Crippen MR) is 91.3 cm³/mol. The van der Waals surface area contributed by atoms with Crippen molar-refractivity contribution in [2.75, 3.05) is 11.9 Å². The van der Waals surface area contributed by atoms with Gasteiger partial charge in [-0.2, -0.15) is 0 Å². The maximum atomic E-state index is 11.8. The van der Waals surface area contributed by atoms with Crippen LogP contribution in [0.2, 0.25) is 0 Å². The average molecular weight is 341 g/mol. The molecular formula is C16H15N5O4. The Labute approximate surface area is 140 Å². The number of para-hydroxylation sites is 1. The summed E-state index contributed by atoms with van der Waals surface area (Å²) >= 11 is 0. The zero-order valence-electron chi connectivity index (χ0n) is 13.0. The van der Waals surface area contributed by atoms with Crippen molar-refractivity contribution in [2.45, 2.75) is 6.42 Å². The highest BCUT2D eigenvalue weighted by Crippen LogP contribution is 2.17. The van der Waals surface area contributed by atoms with Crippen LogP contribution in [-0.4, -0.2) is 33.3 Å². The first kappa shape index (κ1) is 16.2. The van der Waals surface area contributed by atoms with Crippen molar-refractivity contribution in [3.8, 4) is 0 Å². The Morgan fingerprint density at radius 1 is 1.00 bits per heavy atom. The Balaban J connectivity index is 1.56. The molecule has 0 unspecified atom stereocenters. The lowest BCUT2D eigenvalue weighted by molar-refractivity contribution is -0.136. The molecule has 2 amide bonds. The van der Waals surface area contributed by atoms with Crippen LogP contribution in [0.3, 0.4) is 0 Å². The third-order valence-electron chi connectivity index (χ3n) is 3.63. The van der Waals surface area contributed by atoms with Gasteiger partial charge in [-0.25, -0.2) is 4.79 Å². The molecule has 9 nitrogen and oxygen atoms in total. The van der Waals surface area contributed by atoms with E-state index in [1.807, 2.05) is 35.4 Å². The van der Waals surface area contributed by atoms with Crippen molar-refractivity contribution in [3.05, 3.63) is 63.1 Å². The second-order valence-corrected chi connectivity index (χ2v) is 5.31.